The van der Waals surface area contributed by atoms with Gasteiger partial charge in [-0.05, 0) is 43.6 Å². The van der Waals surface area contributed by atoms with Crippen molar-refractivity contribution in [1.82, 2.24) is 10.6 Å². The van der Waals surface area contributed by atoms with E-state index in [1.165, 1.54) is 0 Å². The van der Waals surface area contributed by atoms with Crippen molar-refractivity contribution in [3.63, 3.8) is 0 Å². The molecular formula is C18H28N2O5. The Morgan fingerprint density at radius 1 is 1.20 bits per heavy atom. The lowest BCUT2D eigenvalue weighted by atomic mass is 9.78. The van der Waals surface area contributed by atoms with Crippen molar-refractivity contribution < 1.29 is 24.1 Å². The maximum absolute atomic E-state index is 12.7. The number of amides is 1. The average molecular weight is 352 g/mol. The largest absolute Gasteiger partial charge is 0.497 e. The highest BCUT2D eigenvalue weighted by Crippen LogP contribution is 2.30. The van der Waals surface area contributed by atoms with Crippen molar-refractivity contribution in [3.05, 3.63) is 23.8 Å². The van der Waals surface area contributed by atoms with Gasteiger partial charge in [0.15, 0.2) is 0 Å². The van der Waals surface area contributed by atoms with Crippen LogP contribution in [0.1, 0.15) is 24.5 Å². The van der Waals surface area contributed by atoms with Gasteiger partial charge in [0.1, 0.15) is 11.5 Å². The molecule has 2 rings (SSSR count). The number of rotatable bonds is 8. The molecule has 0 radical (unpaired) electrons. The summed E-state index contributed by atoms with van der Waals surface area (Å²) in [5.41, 5.74) is 0.0915. The molecule has 1 fully saturated rings. The molecule has 1 saturated heterocycles. The number of piperidine rings is 1. The van der Waals surface area contributed by atoms with Crippen LogP contribution in [-0.4, -0.2) is 58.6 Å². The van der Waals surface area contributed by atoms with Gasteiger partial charge in [-0.1, -0.05) is 0 Å². The summed E-state index contributed by atoms with van der Waals surface area (Å²) in [6.07, 6.45) is 0.583. The lowest BCUT2D eigenvalue weighted by Gasteiger charge is -2.35. The monoisotopic (exact) mass is 352 g/mol. The quantitative estimate of drug-likeness (QED) is 0.643. The fourth-order valence-corrected chi connectivity index (χ4v) is 3.14. The molecule has 1 unspecified atom stereocenters. The third-order valence-corrected chi connectivity index (χ3v) is 4.68. The van der Waals surface area contributed by atoms with E-state index in [4.69, 9.17) is 14.2 Å². The topological polar surface area (TPSA) is 89.1 Å². The lowest BCUT2D eigenvalue weighted by Crippen LogP contribution is -2.50. The number of ether oxygens (including phenoxy) is 3. The third-order valence-electron chi connectivity index (χ3n) is 4.68. The molecule has 0 saturated carbocycles. The highest BCUT2D eigenvalue weighted by Gasteiger charge is 2.39. The molecule has 25 heavy (non-hydrogen) atoms. The van der Waals surface area contributed by atoms with E-state index in [9.17, 15) is 9.90 Å². The fourth-order valence-electron chi connectivity index (χ4n) is 3.14. The number of nitrogens with one attached hydrogen (secondary N) is 2. The van der Waals surface area contributed by atoms with E-state index in [1.807, 2.05) is 0 Å². The molecule has 0 spiro atoms. The van der Waals surface area contributed by atoms with Gasteiger partial charge in [0.2, 0.25) is 5.91 Å². The smallest absolute Gasteiger partial charge is 0.228 e. The van der Waals surface area contributed by atoms with E-state index in [0.717, 1.165) is 25.9 Å². The van der Waals surface area contributed by atoms with E-state index in [2.05, 4.69) is 10.6 Å². The maximum Gasteiger partial charge on any atom is 0.228 e. The molecule has 1 aromatic carbocycles. The Kier molecular flexibility index (Phi) is 7.04. The Morgan fingerprint density at radius 3 is 2.32 bits per heavy atom. The van der Waals surface area contributed by atoms with Gasteiger partial charge in [-0.2, -0.15) is 0 Å². The summed E-state index contributed by atoms with van der Waals surface area (Å²) >= 11 is 0. The van der Waals surface area contributed by atoms with Gasteiger partial charge in [0, 0.05) is 19.7 Å². The maximum atomic E-state index is 12.7. The van der Waals surface area contributed by atoms with Crippen LogP contribution >= 0.6 is 0 Å². The summed E-state index contributed by atoms with van der Waals surface area (Å²) in [4.78, 5) is 12.7. The van der Waals surface area contributed by atoms with E-state index < -0.39 is 11.5 Å². The van der Waals surface area contributed by atoms with Gasteiger partial charge < -0.3 is 30.0 Å². The Balaban J connectivity index is 2.03. The molecule has 1 aromatic rings. The summed E-state index contributed by atoms with van der Waals surface area (Å²) in [7, 11) is 4.71. The molecule has 140 valence electrons. The number of hydrogen-bond donors (Lipinski definition) is 3. The van der Waals surface area contributed by atoms with E-state index in [0.29, 0.717) is 23.7 Å². The molecular weight excluding hydrogens is 324 g/mol. The molecule has 1 aliphatic heterocycles. The molecule has 3 N–H and O–H groups in total. The Morgan fingerprint density at radius 2 is 1.80 bits per heavy atom. The number of carbonyl (C=O) groups excluding carboxylic acids is 1. The highest BCUT2D eigenvalue weighted by molar-refractivity contribution is 5.83. The van der Waals surface area contributed by atoms with E-state index >= 15 is 0 Å². The van der Waals surface area contributed by atoms with Crippen molar-refractivity contribution >= 4 is 5.91 Å². The van der Waals surface area contributed by atoms with Gasteiger partial charge >= 0.3 is 0 Å². The van der Waals surface area contributed by atoms with Gasteiger partial charge in [-0.25, -0.2) is 0 Å². The average Bonchev–Trinajstić information content (AvgIpc) is 2.66. The second-order valence-electron chi connectivity index (χ2n) is 6.34. The van der Waals surface area contributed by atoms with Crippen LogP contribution in [0.4, 0.5) is 0 Å². The van der Waals surface area contributed by atoms with Crippen molar-refractivity contribution in [2.75, 3.05) is 47.6 Å². The molecule has 1 amide bonds. The number of aliphatic hydroxyl groups excluding tert-OH is 1. The van der Waals surface area contributed by atoms with Gasteiger partial charge in [0.25, 0.3) is 0 Å². The first-order valence-electron chi connectivity index (χ1n) is 8.43. The van der Waals surface area contributed by atoms with Crippen LogP contribution in [0.15, 0.2) is 18.2 Å². The number of benzene rings is 1. The van der Waals surface area contributed by atoms with Gasteiger partial charge in [0.05, 0.1) is 32.3 Å². The van der Waals surface area contributed by atoms with Crippen molar-refractivity contribution in [1.29, 1.82) is 0 Å². The Labute approximate surface area is 148 Å². The molecule has 0 aromatic heterocycles. The van der Waals surface area contributed by atoms with Gasteiger partial charge in [-0.15, -0.1) is 0 Å². The van der Waals surface area contributed by atoms with Crippen LogP contribution in [-0.2, 0) is 9.53 Å². The molecule has 1 heterocycles. The molecule has 1 atom stereocenters. The predicted molar refractivity (Wildman–Crippen MR) is 93.9 cm³/mol. The van der Waals surface area contributed by atoms with Crippen molar-refractivity contribution in [3.8, 4) is 11.5 Å². The first kappa shape index (κ1) is 19.5. The van der Waals surface area contributed by atoms with Crippen LogP contribution in [0.3, 0.4) is 0 Å². The first-order valence-corrected chi connectivity index (χ1v) is 8.43. The zero-order valence-electron chi connectivity index (χ0n) is 15.1. The Bertz CT molecular complexity index is 545. The Hall–Kier alpha value is -1.83. The van der Waals surface area contributed by atoms with Crippen LogP contribution in [0.25, 0.3) is 0 Å². The number of aliphatic hydroxyl groups is 1. The summed E-state index contributed by atoms with van der Waals surface area (Å²) in [5.74, 6) is 1.10. The van der Waals surface area contributed by atoms with Crippen LogP contribution in [0.2, 0.25) is 0 Å². The van der Waals surface area contributed by atoms with Gasteiger partial charge in [-0.3, -0.25) is 4.79 Å². The molecule has 0 aliphatic carbocycles. The zero-order chi connectivity index (χ0) is 18.3. The molecule has 1 aliphatic rings. The van der Waals surface area contributed by atoms with E-state index in [-0.39, 0.29) is 12.5 Å². The van der Waals surface area contributed by atoms with Crippen molar-refractivity contribution in [2.45, 2.75) is 18.9 Å². The zero-order valence-corrected chi connectivity index (χ0v) is 15.1. The summed E-state index contributed by atoms with van der Waals surface area (Å²) < 4.78 is 15.7. The van der Waals surface area contributed by atoms with Crippen LogP contribution in [0.5, 0.6) is 11.5 Å². The van der Waals surface area contributed by atoms with Crippen molar-refractivity contribution in [2.24, 2.45) is 5.41 Å². The second-order valence-corrected chi connectivity index (χ2v) is 6.34. The van der Waals surface area contributed by atoms with Crippen LogP contribution < -0.4 is 20.1 Å². The molecule has 0 bridgehead atoms. The lowest BCUT2D eigenvalue weighted by molar-refractivity contribution is -0.136. The normalized spacial score (nSPS) is 17.6. The molecule has 7 nitrogen and oxygen atoms in total. The SMILES string of the molecule is COCC1(C(=O)NCC(O)c2cc(OC)cc(OC)c2)CCNCC1. The number of hydrogen-bond acceptors (Lipinski definition) is 6. The minimum atomic E-state index is -0.853. The molecule has 7 heteroatoms. The second kappa shape index (κ2) is 9.03. The number of carbonyl (C=O) groups is 1. The van der Waals surface area contributed by atoms with Crippen LogP contribution in [0, 0.1) is 5.41 Å². The standard InChI is InChI=1S/C18H28N2O5/c1-23-12-18(4-6-19-7-5-18)17(22)20-11-16(21)13-8-14(24-2)10-15(9-13)25-3/h8-10,16,19,21H,4-7,11-12H2,1-3H3,(H,20,22). The highest BCUT2D eigenvalue weighted by atomic mass is 16.5. The minimum absolute atomic E-state index is 0.0789. The summed E-state index contributed by atoms with van der Waals surface area (Å²) in [6.45, 7) is 2.07. The third kappa shape index (κ3) is 4.84. The fraction of sp³-hybridized carbons (Fsp3) is 0.611. The summed E-state index contributed by atoms with van der Waals surface area (Å²) in [5, 5.41) is 16.6. The first-order chi connectivity index (χ1) is 12.0. The number of methoxy groups -OCH3 is 3. The summed E-state index contributed by atoms with van der Waals surface area (Å²) in [6, 6.07) is 5.20. The van der Waals surface area contributed by atoms with E-state index in [1.54, 1.807) is 39.5 Å². The minimum Gasteiger partial charge on any atom is -0.497 e. The predicted octanol–water partition coefficient (Wildman–Crippen LogP) is 0.870.